The van der Waals surface area contributed by atoms with Gasteiger partial charge in [0.25, 0.3) is 0 Å². The Morgan fingerprint density at radius 2 is 1.94 bits per heavy atom. The molecular weight excluding hydrogens is 257 g/mol. The van der Waals surface area contributed by atoms with Crippen molar-refractivity contribution in [3.05, 3.63) is 34.6 Å². The number of hydrogen-bond acceptors (Lipinski definition) is 3. The maximum Gasteiger partial charge on any atom is 0.169 e. The monoisotopic (exact) mass is 275 g/mol. The molecule has 0 aliphatic carbocycles. The average molecular weight is 276 g/mol. The first-order valence-corrected chi connectivity index (χ1v) is 6.43. The van der Waals surface area contributed by atoms with E-state index in [0.717, 1.165) is 0 Å². The summed E-state index contributed by atoms with van der Waals surface area (Å²) in [6, 6.07) is 4.51. The Hall–Kier alpha value is -0.680. The number of hydrogen-bond donors (Lipinski definition) is 1. The standard InChI is InChI=1S/C13H19ClFNO2/c1-3-17-13(18-4-2)9-16-8-10-7-11(14)5-6-12(10)15/h5-7,13,16H,3-4,8-9H2,1-2H3. The van der Waals surface area contributed by atoms with Crippen LogP contribution in [0.2, 0.25) is 5.02 Å². The van der Waals surface area contributed by atoms with Crippen LogP contribution in [0.3, 0.4) is 0 Å². The third kappa shape index (κ3) is 5.31. The van der Waals surface area contributed by atoms with E-state index in [2.05, 4.69) is 5.32 Å². The van der Waals surface area contributed by atoms with Gasteiger partial charge in [-0.15, -0.1) is 0 Å². The first-order chi connectivity index (χ1) is 8.67. The lowest BCUT2D eigenvalue weighted by molar-refractivity contribution is -0.133. The lowest BCUT2D eigenvalue weighted by atomic mass is 10.2. The molecule has 0 atom stereocenters. The van der Waals surface area contributed by atoms with Gasteiger partial charge in [0.05, 0.1) is 0 Å². The molecule has 0 amide bonds. The van der Waals surface area contributed by atoms with Crippen molar-refractivity contribution in [1.29, 1.82) is 0 Å². The summed E-state index contributed by atoms with van der Waals surface area (Å²) in [6.07, 6.45) is -0.303. The first kappa shape index (κ1) is 15.4. The van der Waals surface area contributed by atoms with Crippen molar-refractivity contribution in [3.8, 4) is 0 Å². The zero-order valence-corrected chi connectivity index (χ0v) is 11.5. The van der Waals surface area contributed by atoms with Gasteiger partial charge in [-0.05, 0) is 32.0 Å². The van der Waals surface area contributed by atoms with Gasteiger partial charge in [0, 0.05) is 36.9 Å². The minimum atomic E-state index is -0.303. The predicted octanol–water partition coefficient (Wildman–Crippen LogP) is 2.97. The van der Waals surface area contributed by atoms with Crippen LogP contribution in [0.1, 0.15) is 19.4 Å². The van der Waals surface area contributed by atoms with E-state index in [9.17, 15) is 4.39 Å². The smallest absolute Gasteiger partial charge is 0.169 e. The number of benzene rings is 1. The van der Waals surface area contributed by atoms with E-state index >= 15 is 0 Å². The van der Waals surface area contributed by atoms with Crippen LogP contribution in [0.4, 0.5) is 4.39 Å². The van der Waals surface area contributed by atoms with Crippen LogP contribution >= 0.6 is 11.6 Å². The van der Waals surface area contributed by atoms with Crippen molar-refractivity contribution in [2.24, 2.45) is 0 Å². The van der Waals surface area contributed by atoms with Crippen LogP contribution in [0.25, 0.3) is 0 Å². The highest BCUT2D eigenvalue weighted by Gasteiger charge is 2.08. The van der Waals surface area contributed by atoms with Gasteiger partial charge in [-0.2, -0.15) is 0 Å². The molecule has 1 N–H and O–H groups in total. The summed E-state index contributed by atoms with van der Waals surface area (Å²) < 4.78 is 24.2. The van der Waals surface area contributed by atoms with Crippen molar-refractivity contribution >= 4 is 11.6 Å². The molecule has 5 heteroatoms. The van der Waals surface area contributed by atoms with E-state index in [0.29, 0.717) is 36.9 Å². The highest BCUT2D eigenvalue weighted by Crippen LogP contribution is 2.14. The summed E-state index contributed by atoms with van der Waals surface area (Å²) in [6.45, 7) is 5.87. The van der Waals surface area contributed by atoms with Crippen LogP contribution < -0.4 is 5.32 Å². The van der Waals surface area contributed by atoms with Gasteiger partial charge in [0.1, 0.15) is 5.82 Å². The van der Waals surface area contributed by atoms with Crippen molar-refractivity contribution < 1.29 is 13.9 Å². The molecule has 0 bridgehead atoms. The molecule has 0 aliphatic heterocycles. The number of rotatable bonds is 8. The van der Waals surface area contributed by atoms with Crippen molar-refractivity contribution in [2.75, 3.05) is 19.8 Å². The van der Waals surface area contributed by atoms with Crippen LogP contribution in [0.5, 0.6) is 0 Å². The molecule has 102 valence electrons. The highest BCUT2D eigenvalue weighted by atomic mass is 35.5. The fourth-order valence-corrected chi connectivity index (χ4v) is 1.74. The Morgan fingerprint density at radius 3 is 2.56 bits per heavy atom. The summed E-state index contributed by atoms with van der Waals surface area (Å²) in [5.74, 6) is -0.267. The molecular formula is C13H19ClFNO2. The fourth-order valence-electron chi connectivity index (χ4n) is 1.54. The molecule has 0 radical (unpaired) electrons. The topological polar surface area (TPSA) is 30.5 Å². The van der Waals surface area contributed by atoms with Gasteiger partial charge in [-0.1, -0.05) is 11.6 Å². The summed E-state index contributed by atoms with van der Waals surface area (Å²) in [5.41, 5.74) is 0.536. The SMILES string of the molecule is CCOC(CNCc1cc(Cl)ccc1F)OCC. The van der Waals surface area contributed by atoms with E-state index in [1.165, 1.54) is 12.1 Å². The van der Waals surface area contributed by atoms with Gasteiger partial charge in [-0.25, -0.2) is 4.39 Å². The fraction of sp³-hybridized carbons (Fsp3) is 0.538. The van der Waals surface area contributed by atoms with Gasteiger partial charge in [0.15, 0.2) is 6.29 Å². The minimum absolute atomic E-state index is 0.267. The second kappa shape index (κ2) is 8.43. The summed E-state index contributed by atoms with van der Waals surface area (Å²) >= 11 is 5.81. The maximum absolute atomic E-state index is 13.4. The molecule has 3 nitrogen and oxygen atoms in total. The van der Waals surface area contributed by atoms with Gasteiger partial charge in [-0.3, -0.25) is 0 Å². The largest absolute Gasteiger partial charge is 0.352 e. The summed E-state index contributed by atoms with van der Waals surface area (Å²) in [4.78, 5) is 0. The molecule has 0 aromatic heterocycles. The quantitative estimate of drug-likeness (QED) is 0.740. The van der Waals surface area contributed by atoms with Crippen LogP contribution in [-0.2, 0) is 16.0 Å². The molecule has 18 heavy (non-hydrogen) atoms. The molecule has 0 heterocycles. The van der Waals surface area contributed by atoms with E-state index in [1.807, 2.05) is 13.8 Å². The van der Waals surface area contributed by atoms with Gasteiger partial charge < -0.3 is 14.8 Å². The number of halogens is 2. The summed E-state index contributed by atoms with van der Waals surface area (Å²) in [7, 11) is 0. The third-order valence-corrected chi connectivity index (χ3v) is 2.57. The predicted molar refractivity (Wildman–Crippen MR) is 70.2 cm³/mol. The van der Waals surface area contributed by atoms with Crippen LogP contribution in [0.15, 0.2) is 18.2 Å². The Balaban J connectivity index is 2.41. The number of nitrogens with one attached hydrogen (secondary N) is 1. The van der Waals surface area contributed by atoms with E-state index in [4.69, 9.17) is 21.1 Å². The van der Waals surface area contributed by atoms with E-state index in [-0.39, 0.29) is 12.1 Å². The highest BCUT2D eigenvalue weighted by molar-refractivity contribution is 6.30. The van der Waals surface area contributed by atoms with E-state index < -0.39 is 0 Å². The third-order valence-electron chi connectivity index (χ3n) is 2.34. The van der Waals surface area contributed by atoms with Crippen molar-refractivity contribution in [2.45, 2.75) is 26.7 Å². The Labute approximate surface area is 112 Å². The molecule has 0 spiro atoms. The number of ether oxygens (including phenoxy) is 2. The van der Waals surface area contributed by atoms with Crippen LogP contribution in [0, 0.1) is 5.82 Å². The van der Waals surface area contributed by atoms with Gasteiger partial charge in [0.2, 0.25) is 0 Å². The lowest BCUT2D eigenvalue weighted by Crippen LogP contribution is -2.31. The normalized spacial score (nSPS) is 11.2. The Kier molecular flexibility index (Phi) is 7.20. The van der Waals surface area contributed by atoms with Crippen LogP contribution in [-0.4, -0.2) is 26.0 Å². The van der Waals surface area contributed by atoms with Crippen molar-refractivity contribution in [3.63, 3.8) is 0 Å². The zero-order chi connectivity index (χ0) is 13.4. The molecule has 0 saturated heterocycles. The molecule has 0 aliphatic rings. The second-order valence-electron chi connectivity index (χ2n) is 3.71. The molecule has 0 saturated carbocycles. The molecule has 1 rings (SSSR count). The van der Waals surface area contributed by atoms with Gasteiger partial charge >= 0.3 is 0 Å². The molecule has 0 unspecified atom stereocenters. The molecule has 0 fully saturated rings. The average Bonchev–Trinajstić information content (AvgIpc) is 2.34. The zero-order valence-electron chi connectivity index (χ0n) is 10.7. The Bertz CT molecular complexity index is 357. The minimum Gasteiger partial charge on any atom is -0.352 e. The second-order valence-corrected chi connectivity index (χ2v) is 4.14. The maximum atomic E-state index is 13.4. The summed E-state index contributed by atoms with van der Waals surface area (Å²) in [5, 5.41) is 3.62. The molecule has 1 aromatic rings. The van der Waals surface area contributed by atoms with E-state index in [1.54, 1.807) is 6.07 Å². The first-order valence-electron chi connectivity index (χ1n) is 6.05. The lowest BCUT2D eigenvalue weighted by Gasteiger charge is -2.17. The van der Waals surface area contributed by atoms with Crippen molar-refractivity contribution in [1.82, 2.24) is 5.32 Å². The Morgan fingerprint density at radius 1 is 1.28 bits per heavy atom. The molecule has 1 aromatic carbocycles.